The summed E-state index contributed by atoms with van der Waals surface area (Å²) in [6.07, 6.45) is 7.25. The molecule has 1 fully saturated rings. The number of allylic oxidation sites excluding steroid dienone is 2. The van der Waals surface area contributed by atoms with E-state index in [0.717, 1.165) is 16.8 Å². The summed E-state index contributed by atoms with van der Waals surface area (Å²) < 4.78 is 0. The Labute approximate surface area is 329 Å². The van der Waals surface area contributed by atoms with Crippen molar-refractivity contribution in [3.63, 3.8) is 0 Å². The molecule has 3 aromatic carbocycles. The minimum absolute atomic E-state index is 0. The maximum atomic E-state index is 12.3. The smallest absolute Gasteiger partial charge is 0.162 e. The molecule has 4 heteroatoms. The van der Waals surface area contributed by atoms with Crippen molar-refractivity contribution in [3.8, 4) is 11.3 Å². The molecule has 4 aromatic rings. The molecule has 1 N–H and O–H groups in total. The number of aromatic nitrogens is 1. The van der Waals surface area contributed by atoms with Gasteiger partial charge in [-0.1, -0.05) is 127 Å². The molecule has 1 aliphatic carbocycles. The predicted octanol–water partition coefficient (Wildman–Crippen LogP) is 13.6. The van der Waals surface area contributed by atoms with Crippen molar-refractivity contribution in [3.05, 3.63) is 89.3 Å². The number of fused-ring (bicyclic) bond motifs is 3. The van der Waals surface area contributed by atoms with Gasteiger partial charge in [0.05, 0.1) is 5.76 Å². The van der Waals surface area contributed by atoms with Gasteiger partial charge < -0.3 is 10.1 Å². The Morgan fingerprint density at radius 3 is 1.85 bits per heavy atom. The Kier molecular flexibility index (Phi) is 14.7. The molecule has 1 saturated carbocycles. The van der Waals surface area contributed by atoms with E-state index in [1.165, 1.54) is 58.0 Å². The number of aryl methyl sites for hydroxylation is 2. The van der Waals surface area contributed by atoms with Gasteiger partial charge >= 0.3 is 0 Å². The van der Waals surface area contributed by atoms with Gasteiger partial charge in [0.15, 0.2) is 5.78 Å². The van der Waals surface area contributed by atoms with Crippen molar-refractivity contribution in [2.45, 2.75) is 122 Å². The van der Waals surface area contributed by atoms with Crippen LogP contribution in [-0.2, 0) is 24.9 Å². The zero-order chi connectivity index (χ0) is 38.0. The van der Waals surface area contributed by atoms with Crippen LogP contribution < -0.4 is 0 Å². The van der Waals surface area contributed by atoms with Crippen LogP contribution >= 0.6 is 0 Å². The zero-order valence-corrected chi connectivity index (χ0v) is 37.0. The topological polar surface area (TPSA) is 50.2 Å². The van der Waals surface area contributed by atoms with E-state index < -0.39 is 0 Å². The minimum atomic E-state index is -0.0119. The van der Waals surface area contributed by atoms with Gasteiger partial charge in [-0.15, -0.1) is 34.9 Å². The molecule has 0 amide bonds. The number of nitrogens with zero attached hydrogens (tertiary/aromatic N) is 1. The molecule has 285 valence electrons. The van der Waals surface area contributed by atoms with Crippen molar-refractivity contribution in [1.82, 2.24) is 4.98 Å². The average Bonchev–Trinajstić information content (AvgIpc) is 2.97. The van der Waals surface area contributed by atoms with Gasteiger partial charge in [0.25, 0.3) is 0 Å². The van der Waals surface area contributed by atoms with Crippen LogP contribution in [0.1, 0.15) is 125 Å². The van der Waals surface area contributed by atoms with E-state index >= 15 is 0 Å². The second-order valence-corrected chi connectivity index (χ2v) is 18.6. The van der Waals surface area contributed by atoms with Gasteiger partial charge in [0.1, 0.15) is 0 Å². The van der Waals surface area contributed by atoms with Gasteiger partial charge in [-0.3, -0.25) is 4.79 Å². The van der Waals surface area contributed by atoms with E-state index in [1.807, 2.05) is 6.20 Å². The number of rotatable bonds is 9. The molecule has 1 aromatic heterocycles. The number of benzene rings is 3. The standard InChI is InChI=1S/C31H34N.C17H32O2.Ir/c1-20-14-21(2)16-22(15-20)29-28-11-10-26-24(8-7-9-25(26)27(28)12-13-32-29)23-17-30(3,4)19-31(5,6)18-23;1-10(2)16(11(3)4)14(18)9-15(19)17(12(5)6)13(7)8;/h7-15,23H,17-19H2,1-6H3;9-13,16-18H,1-8H3;/q-1;;/b;14-9-;. The molecule has 0 aliphatic heterocycles. The van der Waals surface area contributed by atoms with Crippen LogP contribution in [0.4, 0.5) is 0 Å². The largest absolute Gasteiger partial charge is 0.512 e. The van der Waals surface area contributed by atoms with E-state index in [2.05, 4.69) is 152 Å². The number of ketones is 1. The second-order valence-electron chi connectivity index (χ2n) is 18.6. The van der Waals surface area contributed by atoms with Crippen molar-refractivity contribution < 1.29 is 30.0 Å². The van der Waals surface area contributed by atoms with Gasteiger partial charge in [0.2, 0.25) is 0 Å². The number of carbonyl (C=O) groups excluding carboxylic acids is 1. The number of aliphatic hydroxyl groups is 1. The molecule has 0 saturated heterocycles. The third-order valence-electron chi connectivity index (χ3n) is 11.1. The maximum Gasteiger partial charge on any atom is 0.162 e. The summed E-state index contributed by atoms with van der Waals surface area (Å²) in [6, 6.07) is 21.6. The maximum absolute atomic E-state index is 12.3. The fourth-order valence-corrected chi connectivity index (χ4v) is 9.92. The average molecular weight is 881 g/mol. The molecular weight excluding hydrogens is 815 g/mol. The summed E-state index contributed by atoms with van der Waals surface area (Å²) in [6.45, 7) is 30.6. The number of aliphatic hydroxyl groups excluding tert-OH is 1. The summed E-state index contributed by atoms with van der Waals surface area (Å²) in [4.78, 5) is 17.1. The van der Waals surface area contributed by atoms with Gasteiger partial charge in [0, 0.05) is 44.2 Å². The molecule has 52 heavy (non-hydrogen) atoms. The number of hydrogen-bond donors (Lipinski definition) is 1. The Balaban J connectivity index is 0.000000317. The monoisotopic (exact) mass is 881 g/mol. The Morgan fingerprint density at radius 2 is 1.31 bits per heavy atom. The summed E-state index contributed by atoms with van der Waals surface area (Å²) >= 11 is 0. The van der Waals surface area contributed by atoms with Crippen molar-refractivity contribution in [1.29, 1.82) is 0 Å². The molecule has 0 unspecified atom stereocenters. The Bertz CT molecular complexity index is 1810. The SMILES string of the molecule is CC(C)C(C(=O)/C=C(\O)C(C(C)C)C(C)C)C(C)C.Cc1[c-]c(-c2nccc3c2ccc2c(C4CC(C)(C)CC(C)(C)C4)cccc23)cc(C)c1.[Ir]. The fraction of sp³-hybridized carbons (Fsp3) is 0.542. The van der Waals surface area contributed by atoms with E-state index in [4.69, 9.17) is 4.98 Å². The van der Waals surface area contributed by atoms with Crippen LogP contribution in [0.15, 0.2) is 66.6 Å². The molecule has 0 spiro atoms. The quantitative estimate of drug-likeness (QED) is 0.0789. The van der Waals surface area contributed by atoms with Crippen LogP contribution in [-0.4, -0.2) is 15.9 Å². The number of pyridine rings is 1. The summed E-state index contributed by atoms with van der Waals surface area (Å²) in [5, 5.41) is 15.5. The van der Waals surface area contributed by atoms with E-state index in [-0.39, 0.29) is 43.5 Å². The summed E-state index contributed by atoms with van der Waals surface area (Å²) in [5.74, 6) is 2.23. The van der Waals surface area contributed by atoms with Gasteiger partial charge in [-0.2, -0.15) is 0 Å². The summed E-state index contributed by atoms with van der Waals surface area (Å²) in [5.41, 5.74) is 6.79. The molecular formula is C48H66IrNO2-. The third kappa shape index (κ3) is 10.4. The van der Waals surface area contributed by atoms with Crippen LogP contribution in [0.3, 0.4) is 0 Å². The van der Waals surface area contributed by atoms with Crippen molar-refractivity contribution in [2.75, 3.05) is 0 Å². The number of carbonyl (C=O) groups is 1. The third-order valence-corrected chi connectivity index (χ3v) is 11.1. The van der Waals surface area contributed by atoms with E-state index in [1.54, 1.807) is 0 Å². The first-order valence-electron chi connectivity index (χ1n) is 19.5. The Hall–Kier alpha value is -2.81. The zero-order valence-electron chi connectivity index (χ0n) is 34.6. The molecule has 5 rings (SSSR count). The molecule has 0 bridgehead atoms. The first kappa shape index (κ1) is 43.6. The Morgan fingerprint density at radius 1 is 0.769 bits per heavy atom. The predicted molar refractivity (Wildman–Crippen MR) is 219 cm³/mol. The first-order chi connectivity index (χ1) is 23.7. The summed E-state index contributed by atoms with van der Waals surface area (Å²) in [7, 11) is 0. The van der Waals surface area contributed by atoms with Gasteiger partial charge in [-0.05, 0) is 98.6 Å². The van der Waals surface area contributed by atoms with Gasteiger partial charge in [-0.25, -0.2) is 0 Å². The minimum Gasteiger partial charge on any atom is -0.512 e. The molecule has 1 aliphatic rings. The molecule has 3 nitrogen and oxygen atoms in total. The van der Waals surface area contributed by atoms with E-state index in [9.17, 15) is 9.90 Å². The van der Waals surface area contributed by atoms with Crippen molar-refractivity contribution in [2.24, 2.45) is 46.3 Å². The van der Waals surface area contributed by atoms with Crippen molar-refractivity contribution >= 4 is 27.3 Å². The van der Waals surface area contributed by atoms with Crippen LogP contribution in [0.25, 0.3) is 32.8 Å². The second kappa shape index (κ2) is 17.6. The molecule has 1 heterocycles. The molecule has 1 radical (unpaired) electrons. The number of hydrogen-bond acceptors (Lipinski definition) is 3. The van der Waals surface area contributed by atoms with Crippen LogP contribution in [0.2, 0.25) is 0 Å². The fourth-order valence-electron chi connectivity index (χ4n) is 9.92. The normalized spacial score (nSPS) is 16.3. The molecule has 0 atom stereocenters. The van der Waals surface area contributed by atoms with Crippen LogP contribution in [0, 0.1) is 66.3 Å². The van der Waals surface area contributed by atoms with E-state index in [0.29, 0.717) is 40.4 Å². The van der Waals surface area contributed by atoms with Crippen LogP contribution in [0.5, 0.6) is 0 Å². The first-order valence-corrected chi connectivity index (χ1v) is 19.5.